The minimum atomic E-state index is -1.15. The summed E-state index contributed by atoms with van der Waals surface area (Å²) in [4.78, 5) is 61.9. The van der Waals surface area contributed by atoms with E-state index in [0.29, 0.717) is 25.1 Å². The smallest absolute Gasteiger partial charge is 0.326 e. The van der Waals surface area contributed by atoms with Crippen molar-refractivity contribution in [2.24, 2.45) is 17.4 Å². The Hall–Kier alpha value is -4.23. The van der Waals surface area contributed by atoms with Gasteiger partial charge in [-0.15, -0.1) is 0 Å². The zero-order chi connectivity index (χ0) is 30.6. The van der Waals surface area contributed by atoms with Crippen molar-refractivity contribution in [3.05, 3.63) is 54.2 Å². The molecule has 3 rings (SSSR count). The summed E-state index contributed by atoms with van der Waals surface area (Å²) < 4.78 is 0. The first kappa shape index (κ1) is 32.3. The molecule has 13 heteroatoms. The van der Waals surface area contributed by atoms with Gasteiger partial charge >= 0.3 is 5.97 Å². The quantitative estimate of drug-likeness (QED) is 0.106. The largest absolute Gasteiger partial charge is 0.480 e. The number of fused-ring (bicyclic) bond motifs is 1. The lowest BCUT2D eigenvalue weighted by molar-refractivity contribution is -0.142. The Labute approximate surface area is 244 Å². The Morgan fingerprint density at radius 2 is 1.62 bits per heavy atom. The van der Waals surface area contributed by atoms with Gasteiger partial charge in [0.05, 0.1) is 12.4 Å². The van der Waals surface area contributed by atoms with E-state index in [1.165, 1.54) is 6.33 Å². The summed E-state index contributed by atoms with van der Waals surface area (Å²) in [6.45, 7) is 4.12. The van der Waals surface area contributed by atoms with E-state index in [0.717, 1.165) is 16.5 Å². The van der Waals surface area contributed by atoms with Crippen molar-refractivity contribution in [2.45, 2.75) is 76.5 Å². The molecule has 0 fully saturated rings. The van der Waals surface area contributed by atoms with E-state index in [-0.39, 0.29) is 31.6 Å². The maximum atomic E-state index is 13.7. The van der Waals surface area contributed by atoms with Gasteiger partial charge in [0.15, 0.2) is 0 Å². The van der Waals surface area contributed by atoms with E-state index < -0.39 is 47.9 Å². The van der Waals surface area contributed by atoms with Crippen molar-refractivity contribution in [1.82, 2.24) is 30.9 Å². The normalized spacial score (nSPS) is 14.2. The second-order valence-corrected chi connectivity index (χ2v) is 10.9. The maximum absolute atomic E-state index is 13.7. The number of carbonyl (C=O) groups excluding carboxylic acids is 3. The number of para-hydroxylation sites is 1. The first-order valence-corrected chi connectivity index (χ1v) is 14.2. The highest BCUT2D eigenvalue weighted by Crippen LogP contribution is 2.19. The molecule has 0 saturated carbocycles. The van der Waals surface area contributed by atoms with Crippen LogP contribution in [0.5, 0.6) is 0 Å². The van der Waals surface area contributed by atoms with E-state index in [1.54, 1.807) is 12.4 Å². The number of hydrogen-bond acceptors (Lipinski definition) is 7. The van der Waals surface area contributed by atoms with Crippen molar-refractivity contribution >= 4 is 34.6 Å². The molecule has 3 amide bonds. The number of nitrogens with zero attached hydrogens (tertiary/aromatic N) is 1. The minimum absolute atomic E-state index is 0.0263. The summed E-state index contributed by atoms with van der Waals surface area (Å²) in [7, 11) is 0. The Morgan fingerprint density at radius 1 is 0.929 bits per heavy atom. The number of carboxylic acids is 1. The molecular weight excluding hydrogens is 540 g/mol. The summed E-state index contributed by atoms with van der Waals surface area (Å²) in [5.74, 6) is -2.87. The van der Waals surface area contributed by atoms with Gasteiger partial charge in [0.25, 0.3) is 0 Å². The van der Waals surface area contributed by atoms with Crippen LogP contribution in [0.15, 0.2) is 43.0 Å². The van der Waals surface area contributed by atoms with Gasteiger partial charge in [-0.3, -0.25) is 14.4 Å². The van der Waals surface area contributed by atoms with Crippen molar-refractivity contribution in [1.29, 1.82) is 0 Å². The molecule has 0 aliphatic carbocycles. The van der Waals surface area contributed by atoms with Crippen molar-refractivity contribution < 1.29 is 24.3 Å². The molecular formula is C29H42N8O5. The SMILES string of the molecule is CC(C)CC(NC(=O)C(CCCCN)NC(=O)C(Cc1c[nH]c2ccccc12)NC(=O)C(N)Cc1cnc[nH]1)C(=O)O. The number of benzene rings is 1. The predicted molar refractivity (Wildman–Crippen MR) is 158 cm³/mol. The molecule has 0 saturated heterocycles. The number of carboxylic acid groups (broad SMARTS) is 1. The number of aromatic nitrogens is 3. The third-order valence-corrected chi connectivity index (χ3v) is 6.96. The third-order valence-electron chi connectivity index (χ3n) is 6.96. The lowest BCUT2D eigenvalue weighted by Crippen LogP contribution is -2.57. The van der Waals surface area contributed by atoms with Gasteiger partial charge in [-0.25, -0.2) is 9.78 Å². The molecule has 4 unspecified atom stereocenters. The zero-order valence-corrected chi connectivity index (χ0v) is 24.1. The molecule has 0 aliphatic heterocycles. The van der Waals surface area contributed by atoms with Gasteiger partial charge < -0.3 is 42.5 Å². The summed E-state index contributed by atoms with van der Waals surface area (Å²) in [5.41, 5.74) is 14.1. The van der Waals surface area contributed by atoms with E-state index in [2.05, 4.69) is 30.9 Å². The van der Waals surface area contributed by atoms with Crippen LogP contribution in [0.3, 0.4) is 0 Å². The number of nitrogens with one attached hydrogen (secondary N) is 5. The second-order valence-electron chi connectivity index (χ2n) is 10.9. The zero-order valence-electron chi connectivity index (χ0n) is 24.1. The Morgan fingerprint density at radius 3 is 2.29 bits per heavy atom. The first-order chi connectivity index (χ1) is 20.1. The van der Waals surface area contributed by atoms with Gasteiger partial charge in [0.1, 0.15) is 18.1 Å². The van der Waals surface area contributed by atoms with E-state index in [4.69, 9.17) is 11.5 Å². The van der Waals surface area contributed by atoms with E-state index >= 15 is 0 Å². The third kappa shape index (κ3) is 9.42. The fourth-order valence-electron chi connectivity index (χ4n) is 4.73. The summed E-state index contributed by atoms with van der Waals surface area (Å²) in [5, 5.41) is 18.6. The minimum Gasteiger partial charge on any atom is -0.480 e. The van der Waals surface area contributed by atoms with Crippen molar-refractivity contribution in [3.63, 3.8) is 0 Å². The molecule has 2 heterocycles. The number of amides is 3. The number of unbranched alkanes of at least 4 members (excludes halogenated alkanes) is 1. The molecule has 42 heavy (non-hydrogen) atoms. The number of aromatic amines is 2. The van der Waals surface area contributed by atoms with Crippen LogP contribution in [0, 0.1) is 5.92 Å². The number of hydrogen-bond donors (Lipinski definition) is 8. The van der Waals surface area contributed by atoms with Crippen molar-refractivity contribution in [2.75, 3.05) is 6.54 Å². The number of imidazole rings is 1. The standard InChI is InChI=1S/C29H42N8O5/c1-17(2)11-25(29(41)42)37-27(39)23(9-5-6-10-30)35-28(40)24(12-18-14-33-22-8-4-3-7-20(18)22)36-26(38)21(31)13-19-15-32-16-34-19/h3-4,7-8,14-17,21,23-25,33H,5-6,9-13,30-31H2,1-2H3,(H,32,34)(H,35,40)(H,36,38)(H,37,39)(H,41,42). The fraction of sp³-hybridized carbons (Fsp3) is 0.483. The molecule has 4 atom stereocenters. The number of carbonyl (C=O) groups is 4. The number of nitrogens with two attached hydrogens (primary N) is 2. The topological polar surface area (TPSA) is 221 Å². The molecule has 0 radical (unpaired) electrons. The number of aliphatic carboxylic acids is 1. The molecule has 1 aromatic carbocycles. The molecule has 3 aromatic rings. The highest BCUT2D eigenvalue weighted by molar-refractivity contribution is 5.95. The predicted octanol–water partition coefficient (Wildman–Crippen LogP) is 0.718. The van der Waals surface area contributed by atoms with Crippen LogP contribution in [0.2, 0.25) is 0 Å². The summed E-state index contributed by atoms with van der Waals surface area (Å²) in [6, 6.07) is 3.42. The monoisotopic (exact) mass is 582 g/mol. The average Bonchev–Trinajstić information content (AvgIpc) is 3.61. The summed E-state index contributed by atoms with van der Waals surface area (Å²) >= 11 is 0. The lowest BCUT2D eigenvalue weighted by Gasteiger charge is -2.25. The first-order valence-electron chi connectivity index (χ1n) is 14.2. The van der Waals surface area contributed by atoms with Crippen LogP contribution < -0.4 is 27.4 Å². The maximum Gasteiger partial charge on any atom is 0.326 e. The van der Waals surface area contributed by atoms with Gasteiger partial charge in [-0.05, 0) is 49.8 Å². The average molecular weight is 583 g/mol. The van der Waals surface area contributed by atoms with Crippen molar-refractivity contribution in [3.8, 4) is 0 Å². The van der Waals surface area contributed by atoms with Crippen LogP contribution in [0.4, 0.5) is 0 Å². The molecule has 228 valence electrons. The van der Waals surface area contributed by atoms with Crippen LogP contribution in [-0.2, 0) is 32.0 Å². The Balaban J connectivity index is 1.82. The molecule has 2 aromatic heterocycles. The Kier molecular flexibility index (Phi) is 12.1. The van der Waals surface area contributed by atoms with Crippen LogP contribution in [0.25, 0.3) is 10.9 Å². The molecule has 0 aliphatic rings. The fourth-order valence-corrected chi connectivity index (χ4v) is 4.73. The molecule has 10 N–H and O–H groups in total. The number of rotatable bonds is 17. The highest BCUT2D eigenvalue weighted by atomic mass is 16.4. The van der Waals surface area contributed by atoms with E-state index in [9.17, 15) is 24.3 Å². The van der Waals surface area contributed by atoms with Crippen LogP contribution in [0.1, 0.15) is 50.8 Å². The second kappa shape index (κ2) is 15.7. The summed E-state index contributed by atoms with van der Waals surface area (Å²) in [6.07, 6.45) is 6.77. The Bertz CT molecular complexity index is 1320. The van der Waals surface area contributed by atoms with Gasteiger partial charge in [0, 0.05) is 41.8 Å². The highest BCUT2D eigenvalue weighted by Gasteiger charge is 2.31. The van der Waals surface area contributed by atoms with Gasteiger partial charge in [-0.1, -0.05) is 32.0 Å². The van der Waals surface area contributed by atoms with Gasteiger partial charge in [-0.2, -0.15) is 0 Å². The number of H-pyrrole nitrogens is 2. The van der Waals surface area contributed by atoms with Crippen LogP contribution in [-0.4, -0.2) is 74.5 Å². The molecule has 0 spiro atoms. The molecule has 0 bridgehead atoms. The van der Waals surface area contributed by atoms with Crippen LogP contribution >= 0.6 is 0 Å². The van der Waals surface area contributed by atoms with Gasteiger partial charge in [0.2, 0.25) is 17.7 Å². The lowest BCUT2D eigenvalue weighted by atomic mass is 10.0. The molecule has 13 nitrogen and oxygen atoms in total. The van der Waals surface area contributed by atoms with E-state index in [1.807, 2.05) is 38.1 Å².